The van der Waals surface area contributed by atoms with E-state index in [0.717, 1.165) is 25.3 Å². The zero-order chi connectivity index (χ0) is 8.55. The smallest absolute Gasteiger partial charge is 0.0806 e. The number of aliphatic hydroxyl groups is 1. The number of aliphatic hydroxyl groups excluding tert-OH is 1. The quantitative estimate of drug-likeness (QED) is 0.590. The molecule has 3 heteroatoms. The van der Waals surface area contributed by atoms with Gasteiger partial charge in [0.15, 0.2) is 0 Å². The molecule has 2 heterocycles. The molecule has 12 heavy (non-hydrogen) atoms. The molecule has 0 aliphatic carbocycles. The van der Waals surface area contributed by atoms with Gasteiger partial charge in [-0.25, -0.2) is 0 Å². The van der Waals surface area contributed by atoms with Crippen molar-refractivity contribution in [2.45, 2.75) is 19.4 Å². The minimum atomic E-state index is -0.186. The molecule has 0 unspecified atom stereocenters. The molecule has 0 amide bonds. The van der Waals surface area contributed by atoms with E-state index in [-0.39, 0.29) is 6.10 Å². The first-order chi connectivity index (χ1) is 5.79. The first kappa shape index (κ1) is 8.60. The first-order valence-corrected chi connectivity index (χ1v) is 5.51. The Morgan fingerprint density at radius 3 is 3.25 bits per heavy atom. The Kier molecular flexibility index (Phi) is 2.44. The first-order valence-electron chi connectivity index (χ1n) is 4.52. The van der Waals surface area contributed by atoms with Crippen molar-refractivity contribution in [2.75, 3.05) is 18.8 Å². The average Bonchev–Trinajstić information content (AvgIpc) is 2.12. The van der Waals surface area contributed by atoms with Gasteiger partial charge in [0, 0.05) is 12.3 Å². The molecule has 2 N–H and O–H groups in total. The van der Waals surface area contributed by atoms with Crippen LogP contribution >= 0.6 is 11.8 Å². The van der Waals surface area contributed by atoms with Gasteiger partial charge in [0.05, 0.1) is 6.10 Å². The summed E-state index contributed by atoms with van der Waals surface area (Å²) in [5.41, 5.74) is 1.25. The summed E-state index contributed by atoms with van der Waals surface area (Å²) < 4.78 is 0. The Morgan fingerprint density at radius 1 is 1.58 bits per heavy atom. The molecule has 0 bridgehead atoms. The van der Waals surface area contributed by atoms with E-state index >= 15 is 0 Å². The number of rotatable bonds is 0. The van der Waals surface area contributed by atoms with Crippen molar-refractivity contribution in [1.82, 2.24) is 5.32 Å². The van der Waals surface area contributed by atoms with E-state index in [9.17, 15) is 5.11 Å². The van der Waals surface area contributed by atoms with Crippen LogP contribution < -0.4 is 5.32 Å². The third kappa shape index (κ3) is 1.41. The maximum absolute atomic E-state index is 9.86. The highest BCUT2D eigenvalue weighted by molar-refractivity contribution is 8.03. The van der Waals surface area contributed by atoms with Gasteiger partial charge in [-0.15, -0.1) is 11.8 Å². The average molecular weight is 185 g/mol. The van der Waals surface area contributed by atoms with Gasteiger partial charge in [0.25, 0.3) is 0 Å². The van der Waals surface area contributed by atoms with Crippen LogP contribution in [-0.4, -0.2) is 30.1 Å². The van der Waals surface area contributed by atoms with Crippen molar-refractivity contribution < 1.29 is 5.11 Å². The molecule has 0 aromatic carbocycles. The Morgan fingerprint density at radius 2 is 2.42 bits per heavy atom. The molecule has 0 aromatic heterocycles. The van der Waals surface area contributed by atoms with Gasteiger partial charge in [-0.1, -0.05) is 6.92 Å². The second kappa shape index (κ2) is 3.40. The molecule has 68 valence electrons. The third-order valence-corrected chi connectivity index (χ3v) is 4.13. The molecule has 2 atom stereocenters. The van der Waals surface area contributed by atoms with Crippen LogP contribution in [0.4, 0.5) is 0 Å². The van der Waals surface area contributed by atoms with Crippen molar-refractivity contribution in [3.8, 4) is 0 Å². The highest BCUT2D eigenvalue weighted by atomic mass is 32.2. The van der Waals surface area contributed by atoms with Crippen molar-refractivity contribution in [1.29, 1.82) is 0 Å². The van der Waals surface area contributed by atoms with Crippen LogP contribution in [-0.2, 0) is 0 Å². The van der Waals surface area contributed by atoms with E-state index in [1.54, 1.807) is 0 Å². The van der Waals surface area contributed by atoms with Crippen LogP contribution in [0.1, 0.15) is 13.3 Å². The predicted molar refractivity (Wildman–Crippen MR) is 52.1 cm³/mol. The lowest BCUT2D eigenvalue weighted by atomic mass is 9.95. The van der Waals surface area contributed by atoms with Crippen LogP contribution in [0.15, 0.2) is 10.5 Å². The van der Waals surface area contributed by atoms with E-state index in [2.05, 4.69) is 12.2 Å². The van der Waals surface area contributed by atoms with Gasteiger partial charge in [0.2, 0.25) is 0 Å². The second-order valence-corrected chi connectivity index (χ2v) is 4.72. The summed E-state index contributed by atoms with van der Waals surface area (Å²) in [4.78, 5) is 1.44. The molecular formula is C9H15NOS. The molecule has 2 rings (SSSR count). The lowest BCUT2D eigenvalue weighted by molar-refractivity contribution is 0.156. The van der Waals surface area contributed by atoms with Gasteiger partial charge in [-0.05, 0) is 29.4 Å². The SMILES string of the molecule is C[C@@H]1CSC2=C(CNCC2)[C@H]1O. The fourth-order valence-electron chi connectivity index (χ4n) is 1.79. The maximum Gasteiger partial charge on any atom is 0.0806 e. The van der Waals surface area contributed by atoms with E-state index < -0.39 is 0 Å². The van der Waals surface area contributed by atoms with Crippen molar-refractivity contribution in [3.05, 3.63) is 10.5 Å². The highest BCUT2D eigenvalue weighted by Gasteiger charge is 2.28. The molecule has 0 aromatic rings. The molecular weight excluding hydrogens is 170 g/mol. The van der Waals surface area contributed by atoms with E-state index in [1.165, 1.54) is 10.5 Å². The van der Waals surface area contributed by atoms with Gasteiger partial charge in [0.1, 0.15) is 0 Å². The summed E-state index contributed by atoms with van der Waals surface area (Å²) in [6.07, 6.45) is 0.929. The zero-order valence-electron chi connectivity index (χ0n) is 7.34. The third-order valence-electron chi connectivity index (χ3n) is 2.62. The molecule has 0 saturated heterocycles. The molecule has 0 saturated carbocycles. The summed E-state index contributed by atoms with van der Waals surface area (Å²) in [5.74, 6) is 1.51. The van der Waals surface area contributed by atoms with Crippen LogP contribution in [0, 0.1) is 5.92 Å². The van der Waals surface area contributed by atoms with Crippen molar-refractivity contribution in [3.63, 3.8) is 0 Å². The number of hydrogen-bond donors (Lipinski definition) is 2. The Balaban J connectivity index is 2.22. The van der Waals surface area contributed by atoms with Gasteiger partial charge in [-0.3, -0.25) is 0 Å². The van der Waals surface area contributed by atoms with Crippen molar-refractivity contribution in [2.24, 2.45) is 5.92 Å². The molecule has 2 aliphatic heterocycles. The predicted octanol–water partition coefficient (Wildman–Crippen LogP) is 0.978. The molecule has 2 nitrogen and oxygen atoms in total. The lowest BCUT2D eigenvalue weighted by Gasteiger charge is -2.32. The second-order valence-electron chi connectivity index (χ2n) is 3.61. The molecule has 0 spiro atoms. The monoisotopic (exact) mass is 185 g/mol. The van der Waals surface area contributed by atoms with Crippen LogP contribution in [0.2, 0.25) is 0 Å². The number of hydrogen-bond acceptors (Lipinski definition) is 3. The van der Waals surface area contributed by atoms with E-state index in [0.29, 0.717) is 5.92 Å². The Labute approximate surface area is 77.4 Å². The fraction of sp³-hybridized carbons (Fsp3) is 0.778. The zero-order valence-corrected chi connectivity index (χ0v) is 8.16. The van der Waals surface area contributed by atoms with Crippen LogP contribution in [0.5, 0.6) is 0 Å². The number of thioether (sulfide) groups is 1. The maximum atomic E-state index is 9.86. The summed E-state index contributed by atoms with van der Waals surface area (Å²) in [6, 6.07) is 0. The highest BCUT2D eigenvalue weighted by Crippen LogP contribution is 2.36. The normalized spacial score (nSPS) is 36.5. The van der Waals surface area contributed by atoms with Gasteiger partial charge >= 0.3 is 0 Å². The number of nitrogens with one attached hydrogen (secondary N) is 1. The van der Waals surface area contributed by atoms with Crippen molar-refractivity contribution >= 4 is 11.8 Å². The Bertz CT molecular complexity index is 215. The van der Waals surface area contributed by atoms with E-state index in [1.807, 2.05) is 11.8 Å². The fourth-order valence-corrected chi connectivity index (χ4v) is 3.06. The summed E-state index contributed by atoms with van der Waals surface area (Å²) in [6.45, 7) is 4.09. The largest absolute Gasteiger partial charge is 0.388 e. The van der Waals surface area contributed by atoms with E-state index in [4.69, 9.17) is 0 Å². The lowest BCUT2D eigenvalue weighted by Crippen LogP contribution is -2.36. The topological polar surface area (TPSA) is 32.3 Å². The van der Waals surface area contributed by atoms with Gasteiger partial charge < -0.3 is 10.4 Å². The summed E-state index contributed by atoms with van der Waals surface area (Å²) >= 11 is 1.94. The van der Waals surface area contributed by atoms with Gasteiger partial charge in [-0.2, -0.15) is 0 Å². The molecule has 0 fully saturated rings. The van der Waals surface area contributed by atoms with Crippen LogP contribution in [0.25, 0.3) is 0 Å². The summed E-state index contributed by atoms with van der Waals surface area (Å²) in [5, 5.41) is 13.2. The molecule has 2 aliphatic rings. The minimum Gasteiger partial charge on any atom is -0.388 e. The Hall–Kier alpha value is 0.01000. The standard InChI is InChI=1S/C9H15NOS/c1-6-5-12-8-2-3-10-4-7(8)9(6)11/h6,9-11H,2-5H2,1H3/t6-,9+/m1/s1. The minimum absolute atomic E-state index is 0.186. The van der Waals surface area contributed by atoms with Crippen LogP contribution in [0.3, 0.4) is 0 Å². The summed E-state index contributed by atoms with van der Waals surface area (Å²) in [7, 11) is 0. The molecule has 0 radical (unpaired) electrons.